The topological polar surface area (TPSA) is 76.6 Å². The number of fused-ring (bicyclic) bond motifs is 1. The van der Waals surface area contributed by atoms with Crippen LogP contribution < -0.4 is 10.5 Å². The summed E-state index contributed by atoms with van der Waals surface area (Å²) in [4.78, 5) is 26.1. The molecular weight excluding hydrogens is 358 g/mol. The van der Waals surface area contributed by atoms with Gasteiger partial charge in [-0.15, -0.1) is 0 Å². The highest BCUT2D eigenvalue weighted by Gasteiger charge is 2.19. The van der Waals surface area contributed by atoms with E-state index in [9.17, 15) is 4.79 Å². The SMILES string of the molecule is COCCn1cnc2cc(N3CCN(Cc4coc(C)n4)CC3)ccc2c1=O. The van der Waals surface area contributed by atoms with Gasteiger partial charge >= 0.3 is 0 Å². The number of benzene rings is 1. The van der Waals surface area contributed by atoms with E-state index >= 15 is 0 Å². The summed E-state index contributed by atoms with van der Waals surface area (Å²) in [6.45, 7) is 7.43. The Hall–Kier alpha value is -2.71. The number of anilines is 1. The summed E-state index contributed by atoms with van der Waals surface area (Å²) in [7, 11) is 1.62. The third kappa shape index (κ3) is 3.93. The number of methoxy groups -OCH3 is 1. The van der Waals surface area contributed by atoms with E-state index in [-0.39, 0.29) is 5.56 Å². The van der Waals surface area contributed by atoms with Crippen molar-refractivity contribution in [3.8, 4) is 0 Å². The number of aromatic nitrogens is 3. The Bertz CT molecular complexity index is 1000. The van der Waals surface area contributed by atoms with Crippen LogP contribution in [0.2, 0.25) is 0 Å². The van der Waals surface area contributed by atoms with E-state index in [1.54, 1.807) is 24.3 Å². The largest absolute Gasteiger partial charge is 0.449 e. The Kier molecular flexibility index (Phi) is 5.40. The number of hydrogen-bond acceptors (Lipinski definition) is 7. The van der Waals surface area contributed by atoms with Crippen LogP contribution in [0.1, 0.15) is 11.6 Å². The molecule has 0 radical (unpaired) electrons. The molecule has 3 heterocycles. The minimum Gasteiger partial charge on any atom is -0.449 e. The highest BCUT2D eigenvalue weighted by molar-refractivity contribution is 5.81. The van der Waals surface area contributed by atoms with E-state index in [4.69, 9.17) is 9.15 Å². The van der Waals surface area contributed by atoms with Crippen LogP contribution in [0.15, 0.2) is 40.0 Å². The van der Waals surface area contributed by atoms with Crippen molar-refractivity contribution in [3.05, 3.63) is 52.7 Å². The van der Waals surface area contributed by atoms with Crippen LogP contribution >= 0.6 is 0 Å². The molecule has 1 aliphatic heterocycles. The number of oxazole rings is 1. The number of nitrogens with zero attached hydrogens (tertiary/aromatic N) is 5. The normalized spacial score (nSPS) is 15.4. The van der Waals surface area contributed by atoms with Gasteiger partial charge in [-0.1, -0.05) is 0 Å². The second-order valence-corrected chi connectivity index (χ2v) is 7.06. The van der Waals surface area contributed by atoms with Gasteiger partial charge in [-0.05, 0) is 18.2 Å². The average Bonchev–Trinajstić information content (AvgIpc) is 3.12. The molecule has 4 rings (SSSR count). The van der Waals surface area contributed by atoms with Gasteiger partial charge in [-0.25, -0.2) is 9.97 Å². The van der Waals surface area contributed by atoms with Crippen LogP contribution in [-0.2, 0) is 17.8 Å². The first-order valence-corrected chi connectivity index (χ1v) is 9.50. The van der Waals surface area contributed by atoms with E-state index in [0.717, 1.165) is 49.6 Å². The van der Waals surface area contributed by atoms with E-state index in [1.165, 1.54) is 0 Å². The molecule has 148 valence electrons. The lowest BCUT2D eigenvalue weighted by molar-refractivity contribution is 0.186. The molecule has 0 spiro atoms. The monoisotopic (exact) mass is 383 g/mol. The van der Waals surface area contributed by atoms with Gasteiger partial charge in [0.2, 0.25) is 0 Å². The molecule has 1 saturated heterocycles. The zero-order valence-corrected chi connectivity index (χ0v) is 16.3. The van der Waals surface area contributed by atoms with Crippen LogP contribution in [0.5, 0.6) is 0 Å². The second kappa shape index (κ2) is 8.12. The standard InChI is InChI=1S/C20H25N5O3/c1-15-22-16(13-28-15)12-23-5-7-24(8-6-23)17-3-4-18-19(11-17)21-14-25(20(18)26)9-10-27-2/h3-4,11,13-14H,5-10,12H2,1-2H3. The molecule has 1 aromatic carbocycles. The summed E-state index contributed by atoms with van der Waals surface area (Å²) in [5.41, 5.74) is 2.79. The molecule has 8 nitrogen and oxygen atoms in total. The molecule has 0 amide bonds. The van der Waals surface area contributed by atoms with Gasteiger partial charge < -0.3 is 14.1 Å². The molecule has 0 atom stereocenters. The summed E-state index contributed by atoms with van der Waals surface area (Å²) >= 11 is 0. The number of hydrogen-bond donors (Lipinski definition) is 0. The molecule has 0 saturated carbocycles. The van der Waals surface area contributed by atoms with Crippen molar-refractivity contribution in [1.29, 1.82) is 0 Å². The summed E-state index contributed by atoms with van der Waals surface area (Å²) in [6, 6.07) is 5.91. The Morgan fingerprint density at radius 1 is 1.21 bits per heavy atom. The highest BCUT2D eigenvalue weighted by Crippen LogP contribution is 2.21. The van der Waals surface area contributed by atoms with Crippen LogP contribution in [0.3, 0.4) is 0 Å². The predicted octanol–water partition coefficient (Wildman–Crippen LogP) is 1.66. The van der Waals surface area contributed by atoms with Crippen molar-refractivity contribution < 1.29 is 9.15 Å². The smallest absolute Gasteiger partial charge is 0.261 e. The molecule has 28 heavy (non-hydrogen) atoms. The molecule has 3 aromatic rings. The zero-order valence-electron chi connectivity index (χ0n) is 16.3. The van der Waals surface area contributed by atoms with Crippen molar-refractivity contribution in [2.75, 3.05) is 44.8 Å². The summed E-state index contributed by atoms with van der Waals surface area (Å²) in [6.07, 6.45) is 3.33. The van der Waals surface area contributed by atoms with Crippen molar-refractivity contribution in [2.24, 2.45) is 0 Å². The van der Waals surface area contributed by atoms with Crippen LogP contribution in [0.25, 0.3) is 10.9 Å². The number of piperazine rings is 1. The molecule has 2 aromatic heterocycles. The van der Waals surface area contributed by atoms with Gasteiger partial charge in [0.15, 0.2) is 5.89 Å². The Labute approximate surface area is 163 Å². The van der Waals surface area contributed by atoms with Crippen molar-refractivity contribution in [1.82, 2.24) is 19.4 Å². The zero-order chi connectivity index (χ0) is 19.5. The van der Waals surface area contributed by atoms with Gasteiger partial charge in [0.05, 0.1) is 36.1 Å². The minimum atomic E-state index is -0.0266. The van der Waals surface area contributed by atoms with Crippen LogP contribution in [0, 0.1) is 6.92 Å². The van der Waals surface area contributed by atoms with Crippen molar-refractivity contribution >= 4 is 16.6 Å². The van der Waals surface area contributed by atoms with Gasteiger partial charge in [0.25, 0.3) is 5.56 Å². The van der Waals surface area contributed by atoms with Gasteiger partial charge in [-0.3, -0.25) is 14.3 Å². The molecule has 0 unspecified atom stereocenters. The fraction of sp³-hybridized carbons (Fsp3) is 0.450. The average molecular weight is 383 g/mol. The van der Waals surface area contributed by atoms with Crippen LogP contribution in [-0.4, -0.2) is 59.3 Å². The Morgan fingerprint density at radius 3 is 2.75 bits per heavy atom. The first-order chi connectivity index (χ1) is 13.6. The maximum atomic E-state index is 12.6. The molecule has 8 heteroatoms. The summed E-state index contributed by atoms with van der Waals surface area (Å²) in [5.74, 6) is 0.707. The highest BCUT2D eigenvalue weighted by atomic mass is 16.5. The third-order valence-corrected chi connectivity index (χ3v) is 5.13. The number of rotatable bonds is 6. The first kappa shape index (κ1) is 18.6. The molecule has 0 N–H and O–H groups in total. The summed E-state index contributed by atoms with van der Waals surface area (Å²) < 4.78 is 11.9. The minimum absolute atomic E-state index is 0.0266. The van der Waals surface area contributed by atoms with E-state index < -0.39 is 0 Å². The third-order valence-electron chi connectivity index (χ3n) is 5.13. The van der Waals surface area contributed by atoms with E-state index in [2.05, 4.69) is 19.8 Å². The molecule has 1 fully saturated rings. The molecule has 1 aliphatic rings. The molecular formula is C20H25N5O3. The first-order valence-electron chi connectivity index (χ1n) is 9.50. The van der Waals surface area contributed by atoms with Crippen molar-refractivity contribution in [2.45, 2.75) is 20.0 Å². The van der Waals surface area contributed by atoms with Crippen LogP contribution in [0.4, 0.5) is 5.69 Å². The van der Waals surface area contributed by atoms with Gasteiger partial charge in [0, 0.05) is 52.4 Å². The predicted molar refractivity (Wildman–Crippen MR) is 107 cm³/mol. The van der Waals surface area contributed by atoms with E-state index in [0.29, 0.717) is 24.4 Å². The van der Waals surface area contributed by atoms with E-state index in [1.807, 2.05) is 25.1 Å². The Morgan fingerprint density at radius 2 is 2.04 bits per heavy atom. The molecule has 0 aliphatic carbocycles. The fourth-order valence-corrected chi connectivity index (χ4v) is 3.57. The molecule has 0 bridgehead atoms. The van der Waals surface area contributed by atoms with Crippen molar-refractivity contribution in [3.63, 3.8) is 0 Å². The number of ether oxygens (including phenoxy) is 1. The lowest BCUT2D eigenvalue weighted by Gasteiger charge is -2.35. The lowest BCUT2D eigenvalue weighted by Crippen LogP contribution is -2.46. The van der Waals surface area contributed by atoms with Gasteiger partial charge in [0.1, 0.15) is 6.26 Å². The maximum absolute atomic E-state index is 12.6. The van der Waals surface area contributed by atoms with Gasteiger partial charge in [-0.2, -0.15) is 0 Å². The summed E-state index contributed by atoms with van der Waals surface area (Å²) in [5, 5.41) is 0.641. The Balaban J connectivity index is 1.44. The lowest BCUT2D eigenvalue weighted by atomic mass is 10.2. The fourth-order valence-electron chi connectivity index (χ4n) is 3.57. The quantitative estimate of drug-likeness (QED) is 0.641. The second-order valence-electron chi connectivity index (χ2n) is 7.06. The number of aryl methyl sites for hydroxylation is 1. The maximum Gasteiger partial charge on any atom is 0.261 e.